The molecule has 2 rings (SSSR count). The van der Waals surface area contributed by atoms with Gasteiger partial charge in [0, 0.05) is 12.4 Å². The molecule has 1 amide bonds. The standard InChI is InChI=1S/C18H20N2O3/c1-3-14-6-8-15(9-7-14)13(2)20-17(21)12-23-18(22)16-5-4-10-19-11-16/h4-11,13H,3,12H2,1-2H3,(H,20,21)/t13-/m1/s1. The Bertz CT molecular complexity index is 654. The number of aromatic nitrogens is 1. The Kier molecular flexibility index (Phi) is 5.86. The largest absolute Gasteiger partial charge is 0.452 e. The summed E-state index contributed by atoms with van der Waals surface area (Å²) in [7, 11) is 0. The van der Waals surface area contributed by atoms with Crippen molar-refractivity contribution in [1.29, 1.82) is 0 Å². The highest BCUT2D eigenvalue weighted by Gasteiger charge is 2.13. The molecule has 0 fully saturated rings. The molecule has 1 aromatic carbocycles. The molecule has 0 saturated heterocycles. The first-order valence-corrected chi connectivity index (χ1v) is 7.55. The number of benzene rings is 1. The molecule has 0 radical (unpaired) electrons. The average molecular weight is 312 g/mol. The molecule has 1 N–H and O–H groups in total. The van der Waals surface area contributed by atoms with E-state index >= 15 is 0 Å². The second kappa shape index (κ2) is 8.08. The van der Waals surface area contributed by atoms with Crippen molar-refractivity contribution in [1.82, 2.24) is 10.3 Å². The molecule has 2 aromatic rings. The minimum atomic E-state index is -0.562. The Morgan fingerprint density at radius 2 is 1.96 bits per heavy atom. The van der Waals surface area contributed by atoms with Gasteiger partial charge in [-0.1, -0.05) is 31.2 Å². The van der Waals surface area contributed by atoms with E-state index in [4.69, 9.17) is 4.74 Å². The highest BCUT2D eigenvalue weighted by atomic mass is 16.5. The van der Waals surface area contributed by atoms with Crippen LogP contribution in [0.3, 0.4) is 0 Å². The summed E-state index contributed by atoms with van der Waals surface area (Å²) in [5, 5.41) is 2.81. The number of hydrogen-bond donors (Lipinski definition) is 1. The lowest BCUT2D eigenvalue weighted by Gasteiger charge is -2.15. The smallest absolute Gasteiger partial charge is 0.340 e. The van der Waals surface area contributed by atoms with Crippen molar-refractivity contribution in [2.24, 2.45) is 0 Å². The molecule has 0 aliphatic heterocycles. The Morgan fingerprint density at radius 1 is 1.22 bits per heavy atom. The van der Waals surface area contributed by atoms with Gasteiger partial charge in [0.25, 0.3) is 5.91 Å². The van der Waals surface area contributed by atoms with Gasteiger partial charge in [-0.15, -0.1) is 0 Å². The normalized spacial score (nSPS) is 11.6. The van der Waals surface area contributed by atoms with Crippen molar-refractivity contribution >= 4 is 11.9 Å². The number of rotatable bonds is 6. The minimum Gasteiger partial charge on any atom is -0.452 e. The molecule has 1 atom stereocenters. The number of nitrogens with one attached hydrogen (secondary N) is 1. The first-order valence-electron chi connectivity index (χ1n) is 7.55. The molecule has 1 aromatic heterocycles. The molecular formula is C18H20N2O3. The van der Waals surface area contributed by atoms with Crippen LogP contribution in [0.5, 0.6) is 0 Å². The summed E-state index contributed by atoms with van der Waals surface area (Å²) in [6.07, 6.45) is 3.94. The Hall–Kier alpha value is -2.69. The van der Waals surface area contributed by atoms with Crippen LogP contribution in [0.1, 0.15) is 41.4 Å². The second-order valence-electron chi connectivity index (χ2n) is 5.20. The lowest BCUT2D eigenvalue weighted by atomic mass is 10.1. The highest BCUT2D eigenvalue weighted by Crippen LogP contribution is 2.13. The molecule has 0 saturated carbocycles. The van der Waals surface area contributed by atoms with E-state index in [0.29, 0.717) is 5.56 Å². The predicted molar refractivity (Wildman–Crippen MR) is 86.9 cm³/mol. The van der Waals surface area contributed by atoms with Gasteiger partial charge in [0.05, 0.1) is 11.6 Å². The van der Waals surface area contributed by atoms with E-state index in [1.807, 2.05) is 31.2 Å². The quantitative estimate of drug-likeness (QED) is 0.833. The van der Waals surface area contributed by atoms with Gasteiger partial charge in [0.15, 0.2) is 6.61 Å². The van der Waals surface area contributed by atoms with Crippen molar-refractivity contribution in [2.75, 3.05) is 6.61 Å². The van der Waals surface area contributed by atoms with E-state index in [2.05, 4.69) is 17.2 Å². The lowest BCUT2D eigenvalue weighted by Crippen LogP contribution is -2.31. The van der Waals surface area contributed by atoms with Gasteiger partial charge in [-0.25, -0.2) is 4.79 Å². The van der Waals surface area contributed by atoms with E-state index in [1.54, 1.807) is 18.3 Å². The Morgan fingerprint density at radius 3 is 2.57 bits per heavy atom. The number of aryl methyl sites for hydroxylation is 1. The molecule has 120 valence electrons. The number of carbonyl (C=O) groups is 2. The molecule has 23 heavy (non-hydrogen) atoms. The summed E-state index contributed by atoms with van der Waals surface area (Å²) >= 11 is 0. The SMILES string of the molecule is CCc1ccc([C@@H](C)NC(=O)COC(=O)c2cccnc2)cc1. The molecule has 5 heteroatoms. The van der Waals surface area contributed by atoms with Gasteiger partial charge in [-0.2, -0.15) is 0 Å². The van der Waals surface area contributed by atoms with Crippen molar-refractivity contribution < 1.29 is 14.3 Å². The number of nitrogens with zero attached hydrogens (tertiary/aromatic N) is 1. The van der Waals surface area contributed by atoms with Gasteiger partial charge in [-0.05, 0) is 36.6 Å². The molecule has 5 nitrogen and oxygen atoms in total. The zero-order chi connectivity index (χ0) is 16.7. The molecular weight excluding hydrogens is 292 g/mol. The maximum atomic E-state index is 11.9. The number of amides is 1. The van der Waals surface area contributed by atoms with Crippen LogP contribution < -0.4 is 5.32 Å². The van der Waals surface area contributed by atoms with Crippen LogP contribution in [0, 0.1) is 0 Å². The Labute approximate surface area is 135 Å². The van der Waals surface area contributed by atoms with E-state index in [1.165, 1.54) is 11.8 Å². The van der Waals surface area contributed by atoms with Crippen molar-refractivity contribution in [2.45, 2.75) is 26.3 Å². The van der Waals surface area contributed by atoms with E-state index in [9.17, 15) is 9.59 Å². The summed E-state index contributed by atoms with van der Waals surface area (Å²) in [5.74, 6) is -0.900. The monoisotopic (exact) mass is 312 g/mol. The zero-order valence-corrected chi connectivity index (χ0v) is 13.3. The van der Waals surface area contributed by atoms with Crippen molar-refractivity contribution in [3.8, 4) is 0 Å². The van der Waals surface area contributed by atoms with Crippen LogP contribution in [0.25, 0.3) is 0 Å². The fourth-order valence-corrected chi connectivity index (χ4v) is 2.11. The van der Waals surface area contributed by atoms with Gasteiger partial charge in [0.1, 0.15) is 0 Å². The van der Waals surface area contributed by atoms with Crippen LogP contribution in [-0.4, -0.2) is 23.5 Å². The fraction of sp³-hybridized carbons (Fsp3) is 0.278. The fourth-order valence-electron chi connectivity index (χ4n) is 2.11. The third-order valence-corrected chi connectivity index (χ3v) is 3.50. The van der Waals surface area contributed by atoms with Crippen molar-refractivity contribution in [3.63, 3.8) is 0 Å². The van der Waals surface area contributed by atoms with Crippen LogP contribution in [0.2, 0.25) is 0 Å². The number of pyridine rings is 1. The Balaban J connectivity index is 1.83. The summed E-state index contributed by atoms with van der Waals surface area (Å²) in [5.41, 5.74) is 2.58. The van der Waals surface area contributed by atoms with Crippen LogP contribution in [-0.2, 0) is 16.0 Å². The average Bonchev–Trinajstić information content (AvgIpc) is 2.60. The maximum Gasteiger partial charge on any atom is 0.340 e. The van der Waals surface area contributed by atoms with Crippen molar-refractivity contribution in [3.05, 3.63) is 65.5 Å². The topological polar surface area (TPSA) is 68.3 Å². The molecule has 0 bridgehead atoms. The van der Waals surface area contributed by atoms with Gasteiger partial charge in [-0.3, -0.25) is 9.78 Å². The highest BCUT2D eigenvalue weighted by molar-refractivity contribution is 5.90. The summed E-state index contributed by atoms with van der Waals surface area (Å²) < 4.78 is 4.97. The molecule has 0 unspecified atom stereocenters. The van der Waals surface area contributed by atoms with Crippen LogP contribution in [0.15, 0.2) is 48.8 Å². The lowest BCUT2D eigenvalue weighted by molar-refractivity contribution is -0.124. The first kappa shape index (κ1) is 16.7. The van der Waals surface area contributed by atoms with Crippen LogP contribution in [0.4, 0.5) is 0 Å². The number of ether oxygens (including phenoxy) is 1. The molecule has 1 heterocycles. The van der Waals surface area contributed by atoms with Gasteiger partial charge in [0.2, 0.25) is 0 Å². The molecule has 0 aliphatic carbocycles. The third-order valence-electron chi connectivity index (χ3n) is 3.50. The van der Waals surface area contributed by atoms with E-state index in [0.717, 1.165) is 12.0 Å². The summed E-state index contributed by atoms with van der Waals surface area (Å²) in [4.78, 5) is 27.4. The number of esters is 1. The zero-order valence-electron chi connectivity index (χ0n) is 13.3. The second-order valence-corrected chi connectivity index (χ2v) is 5.20. The minimum absolute atomic E-state index is 0.148. The predicted octanol–water partition coefficient (Wildman–Crippen LogP) is 2.68. The number of carbonyl (C=O) groups excluding carboxylic acids is 2. The summed E-state index contributed by atoms with van der Waals surface area (Å²) in [6, 6.07) is 11.1. The van der Waals surface area contributed by atoms with Gasteiger partial charge < -0.3 is 10.1 Å². The number of hydrogen-bond acceptors (Lipinski definition) is 4. The molecule has 0 aliphatic rings. The van der Waals surface area contributed by atoms with Crippen LogP contribution >= 0.6 is 0 Å². The summed E-state index contributed by atoms with van der Waals surface area (Å²) in [6.45, 7) is 3.67. The third kappa shape index (κ3) is 4.92. The van der Waals surface area contributed by atoms with Gasteiger partial charge >= 0.3 is 5.97 Å². The molecule has 0 spiro atoms. The van der Waals surface area contributed by atoms with E-state index < -0.39 is 5.97 Å². The maximum absolute atomic E-state index is 11.9. The first-order chi connectivity index (χ1) is 11.1. The van der Waals surface area contributed by atoms with E-state index in [-0.39, 0.29) is 18.6 Å².